The molecule has 3 aromatic carbocycles. The van der Waals surface area contributed by atoms with Gasteiger partial charge in [-0.1, -0.05) is 24.3 Å². The van der Waals surface area contributed by atoms with Crippen molar-refractivity contribution >= 4 is 31.6 Å². The minimum Gasteiger partial charge on any atom is -0.385 e. The van der Waals surface area contributed by atoms with E-state index in [2.05, 4.69) is 10.6 Å². The SMILES string of the molecule is CCNc1ccc(C(c2ccc(NCC)cc2)c2cc(S(=O)(=O)O)ccc2S(=O)(=O)O)cc1. The molecule has 0 bridgehead atoms. The van der Waals surface area contributed by atoms with Gasteiger partial charge in [0.1, 0.15) is 0 Å². The first kappa shape index (κ1) is 24.7. The molecule has 0 atom stereocenters. The van der Waals surface area contributed by atoms with Gasteiger partial charge in [0.15, 0.2) is 0 Å². The lowest BCUT2D eigenvalue weighted by Crippen LogP contribution is -2.12. The van der Waals surface area contributed by atoms with E-state index < -0.39 is 35.9 Å². The normalized spacial score (nSPS) is 12.0. The molecule has 0 radical (unpaired) electrons. The molecule has 176 valence electrons. The smallest absolute Gasteiger partial charge is 0.294 e. The quantitative estimate of drug-likeness (QED) is 0.259. The zero-order valence-electron chi connectivity index (χ0n) is 18.2. The molecule has 0 unspecified atom stereocenters. The van der Waals surface area contributed by atoms with Gasteiger partial charge in [-0.15, -0.1) is 0 Å². The molecule has 0 aromatic heterocycles. The molecule has 3 aromatic rings. The van der Waals surface area contributed by atoms with Crippen LogP contribution in [0.15, 0.2) is 76.5 Å². The van der Waals surface area contributed by atoms with E-state index in [1.165, 1.54) is 0 Å². The van der Waals surface area contributed by atoms with Gasteiger partial charge in [0.25, 0.3) is 20.2 Å². The fourth-order valence-electron chi connectivity index (χ4n) is 3.69. The summed E-state index contributed by atoms with van der Waals surface area (Å²) in [7, 11) is -9.30. The second-order valence-corrected chi connectivity index (χ2v) is 10.2. The summed E-state index contributed by atoms with van der Waals surface area (Å²) < 4.78 is 67.4. The average molecular weight is 491 g/mol. The van der Waals surface area contributed by atoms with E-state index in [1.807, 2.05) is 38.1 Å². The van der Waals surface area contributed by atoms with Crippen molar-refractivity contribution in [3.63, 3.8) is 0 Å². The van der Waals surface area contributed by atoms with Crippen molar-refractivity contribution in [3.8, 4) is 0 Å². The molecule has 0 amide bonds. The first-order valence-corrected chi connectivity index (χ1v) is 13.2. The lowest BCUT2D eigenvalue weighted by molar-refractivity contribution is 0.477. The van der Waals surface area contributed by atoms with Gasteiger partial charge in [-0.2, -0.15) is 16.8 Å². The van der Waals surface area contributed by atoms with Crippen LogP contribution in [0.25, 0.3) is 0 Å². The average Bonchev–Trinajstić information content (AvgIpc) is 2.75. The second kappa shape index (κ2) is 9.92. The van der Waals surface area contributed by atoms with Gasteiger partial charge >= 0.3 is 0 Å². The van der Waals surface area contributed by atoms with Crippen molar-refractivity contribution in [1.82, 2.24) is 0 Å². The topological polar surface area (TPSA) is 133 Å². The van der Waals surface area contributed by atoms with Crippen LogP contribution in [0.4, 0.5) is 11.4 Å². The molecule has 8 nitrogen and oxygen atoms in total. The van der Waals surface area contributed by atoms with Crippen molar-refractivity contribution in [2.45, 2.75) is 29.6 Å². The van der Waals surface area contributed by atoms with Gasteiger partial charge in [-0.25, -0.2) is 0 Å². The first-order chi connectivity index (χ1) is 15.5. The summed E-state index contributed by atoms with van der Waals surface area (Å²) >= 11 is 0. The first-order valence-electron chi connectivity index (χ1n) is 10.3. The van der Waals surface area contributed by atoms with Gasteiger partial charge < -0.3 is 10.6 Å². The van der Waals surface area contributed by atoms with Crippen LogP contribution in [0.1, 0.15) is 36.5 Å². The van der Waals surface area contributed by atoms with Crippen LogP contribution in [-0.4, -0.2) is 39.0 Å². The highest BCUT2D eigenvalue weighted by molar-refractivity contribution is 7.86. The number of anilines is 2. The molecular weight excluding hydrogens is 464 g/mol. The van der Waals surface area contributed by atoms with Crippen LogP contribution in [-0.2, 0) is 20.2 Å². The van der Waals surface area contributed by atoms with E-state index in [-0.39, 0.29) is 5.56 Å². The van der Waals surface area contributed by atoms with Gasteiger partial charge in [-0.05, 0) is 73.0 Å². The predicted molar refractivity (Wildman–Crippen MR) is 128 cm³/mol. The van der Waals surface area contributed by atoms with Crippen molar-refractivity contribution < 1.29 is 25.9 Å². The fraction of sp³-hybridized carbons (Fsp3) is 0.217. The Kier molecular flexibility index (Phi) is 7.43. The highest BCUT2D eigenvalue weighted by Crippen LogP contribution is 2.37. The second-order valence-electron chi connectivity index (χ2n) is 7.39. The van der Waals surface area contributed by atoms with Crippen molar-refractivity contribution in [1.29, 1.82) is 0 Å². The Balaban J connectivity index is 2.28. The molecule has 0 heterocycles. The van der Waals surface area contributed by atoms with E-state index in [0.717, 1.165) is 42.7 Å². The minimum absolute atomic E-state index is 0.0278. The van der Waals surface area contributed by atoms with Crippen molar-refractivity contribution in [2.24, 2.45) is 0 Å². The summed E-state index contributed by atoms with van der Waals surface area (Å²) in [6.07, 6.45) is 0. The standard InChI is InChI=1S/C23H26N2O6S2/c1-3-24-18-9-5-16(6-10-18)23(17-7-11-19(12-8-17)25-4-2)21-15-20(32(26,27)28)13-14-22(21)33(29,30)31/h5-15,23-25H,3-4H2,1-2H3,(H,26,27,28)(H,29,30,31). The molecule has 0 aliphatic carbocycles. The van der Waals surface area contributed by atoms with Crippen molar-refractivity contribution in [2.75, 3.05) is 23.7 Å². The summed E-state index contributed by atoms with van der Waals surface area (Å²) in [6.45, 7) is 5.36. The van der Waals surface area contributed by atoms with Gasteiger partial charge in [0, 0.05) is 30.4 Å². The van der Waals surface area contributed by atoms with Gasteiger partial charge in [0.05, 0.1) is 9.79 Å². The van der Waals surface area contributed by atoms with Crippen LogP contribution >= 0.6 is 0 Å². The maximum atomic E-state index is 12.2. The summed E-state index contributed by atoms with van der Waals surface area (Å²) in [5, 5.41) is 6.37. The van der Waals surface area contributed by atoms with E-state index in [1.54, 1.807) is 24.3 Å². The van der Waals surface area contributed by atoms with Crippen LogP contribution in [0.2, 0.25) is 0 Å². The van der Waals surface area contributed by atoms with Crippen LogP contribution in [0, 0.1) is 0 Å². The molecule has 10 heteroatoms. The van der Waals surface area contributed by atoms with E-state index in [0.29, 0.717) is 11.1 Å². The molecule has 0 saturated heterocycles. The zero-order chi connectivity index (χ0) is 24.2. The zero-order valence-corrected chi connectivity index (χ0v) is 19.8. The number of rotatable bonds is 9. The third kappa shape index (κ3) is 5.91. The molecule has 0 spiro atoms. The molecule has 0 fully saturated rings. The molecule has 4 N–H and O–H groups in total. The van der Waals surface area contributed by atoms with E-state index >= 15 is 0 Å². The molecule has 0 aliphatic heterocycles. The third-order valence-electron chi connectivity index (χ3n) is 5.12. The fourth-order valence-corrected chi connectivity index (χ4v) is 4.92. The Hall–Kier alpha value is -2.92. The van der Waals surface area contributed by atoms with Gasteiger partial charge in [-0.3, -0.25) is 9.11 Å². The molecule has 33 heavy (non-hydrogen) atoms. The minimum atomic E-state index is -4.69. The Labute approximate surface area is 194 Å². The summed E-state index contributed by atoms with van der Waals surface area (Å²) in [4.78, 5) is -0.908. The van der Waals surface area contributed by atoms with Gasteiger partial charge in [0.2, 0.25) is 0 Å². The van der Waals surface area contributed by atoms with E-state index in [9.17, 15) is 25.9 Å². The predicted octanol–water partition coefficient (Wildman–Crippen LogP) is 4.22. The Morgan fingerprint density at radius 1 is 0.697 bits per heavy atom. The number of hydrogen-bond donors (Lipinski definition) is 4. The summed E-state index contributed by atoms with van der Waals surface area (Å²) in [5.41, 5.74) is 3.10. The Morgan fingerprint density at radius 3 is 1.52 bits per heavy atom. The lowest BCUT2D eigenvalue weighted by Gasteiger charge is -2.22. The van der Waals surface area contributed by atoms with Crippen LogP contribution < -0.4 is 10.6 Å². The van der Waals surface area contributed by atoms with Crippen molar-refractivity contribution in [3.05, 3.63) is 83.4 Å². The molecule has 0 aliphatic rings. The van der Waals surface area contributed by atoms with E-state index in [4.69, 9.17) is 0 Å². The summed E-state index contributed by atoms with van der Waals surface area (Å²) in [6, 6.07) is 17.5. The molecule has 3 rings (SSSR count). The maximum Gasteiger partial charge on any atom is 0.294 e. The highest BCUT2D eigenvalue weighted by Gasteiger charge is 2.27. The number of nitrogens with one attached hydrogen (secondary N) is 2. The summed E-state index contributed by atoms with van der Waals surface area (Å²) in [5.74, 6) is -0.741. The monoisotopic (exact) mass is 490 g/mol. The Bertz CT molecular complexity index is 1270. The molecule has 0 saturated carbocycles. The number of hydrogen-bond acceptors (Lipinski definition) is 6. The highest BCUT2D eigenvalue weighted by atomic mass is 32.2. The molecular formula is C23H26N2O6S2. The Morgan fingerprint density at radius 2 is 1.15 bits per heavy atom. The van der Waals surface area contributed by atoms with Crippen LogP contribution in [0.5, 0.6) is 0 Å². The lowest BCUT2D eigenvalue weighted by atomic mass is 9.85. The maximum absolute atomic E-state index is 12.2. The van der Waals surface area contributed by atoms with Crippen LogP contribution in [0.3, 0.4) is 0 Å². The third-order valence-corrected chi connectivity index (χ3v) is 6.90. The largest absolute Gasteiger partial charge is 0.385 e. The number of benzene rings is 3.